The molecule has 2 amide bonds. The lowest BCUT2D eigenvalue weighted by molar-refractivity contribution is -0.137. The van der Waals surface area contributed by atoms with Crippen LogP contribution in [0.4, 0.5) is 23.2 Å². The van der Waals surface area contributed by atoms with Crippen molar-refractivity contribution in [3.05, 3.63) is 63.9 Å². The number of carbonyl (C=O) groups excluding carboxylic acids is 2. The van der Waals surface area contributed by atoms with Crippen LogP contribution < -0.4 is 5.32 Å². The first-order chi connectivity index (χ1) is 14.1. The predicted octanol–water partition coefficient (Wildman–Crippen LogP) is 4.00. The minimum absolute atomic E-state index is 0.0888. The van der Waals surface area contributed by atoms with Gasteiger partial charge in [0, 0.05) is 30.7 Å². The van der Waals surface area contributed by atoms with Crippen LogP contribution in [-0.2, 0) is 11.0 Å². The molecule has 1 saturated heterocycles. The summed E-state index contributed by atoms with van der Waals surface area (Å²) in [5.41, 5.74) is -0.852. The van der Waals surface area contributed by atoms with Gasteiger partial charge in [-0.25, -0.2) is 4.39 Å². The van der Waals surface area contributed by atoms with Crippen molar-refractivity contribution in [3.63, 3.8) is 0 Å². The molecule has 0 aliphatic carbocycles. The molecular formula is C20H18BrF4N3O2. The SMILES string of the molecule is O=C(CN1CCN(C(=O)c2ccc(F)cc2Br)CC1)Nc1ccccc1C(F)(F)F. The first-order valence-electron chi connectivity index (χ1n) is 9.08. The van der Waals surface area contributed by atoms with E-state index in [0.717, 1.165) is 6.07 Å². The van der Waals surface area contributed by atoms with Gasteiger partial charge >= 0.3 is 6.18 Å². The highest BCUT2D eigenvalue weighted by Gasteiger charge is 2.33. The molecule has 0 aromatic heterocycles. The molecule has 2 aromatic carbocycles. The van der Waals surface area contributed by atoms with Gasteiger partial charge in [0.25, 0.3) is 5.91 Å². The standard InChI is InChI=1S/C20H18BrF4N3O2/c21-16-11-13(22)5-6-14(16)19(30)28-9-7-27(8-10-28)12-18(29)26-17-4-2-1-3-15(17)20(23,24)25/h1-6,11H,7-10,12H2,(H,26,29). The third-order valence-corrected chi connectivity index (χ3v) is 5.35. The van der Waals surface area contributed by atoms with E-state index in [1.54, 1.807) is 9.80 Å². The molecule has 3 rings (SSSR count). The summed E-state index contributed by atoms with van der Waals surface area (Å²) >= 11 is 3.18. The minimum Gasteiger partial charge on any atom is -0.336 e. The number of alkyl halides is 3. The molecule has 1 aliphatic rings. The van der Waals surface area contributed by atoms with Crippen molar-refractivity contribution in [2.45, 2.75) is 6.18 Å². The second kappa shape index (κ2) is 9.13. The van der Waals surface area contributed by atoms with E-state index in [1.165, 1.54) is 36.4 Å². The van der Waals surface area contributed by atoms with Crippen LogP contribution in [0.15, 0.2) is 46.9 Å². The van der Waals surface area contributed by atoms with Crippen LogP contribution in [0.25, 0.3) is 0 Å². The largest absolute Gasteiger partial charge is 0.418 e. The molecule has 30 heavy (non-hydrogen) atoms. The van der Waals surface area contributed by atoms with Crippen LogP contribution in [0.2, 0.25) is 0 Å². The third kappa shape index (κ3) is 5.37. The van der Waals surface area contributed by atoms with E-state index in [4.69, 9.17) is 0 Å². The van der Waals surface area contributed by atoms with Crippen LogP contribution >= 0.6 is 15.9 Å². The fraction of sp³-hybridized carbons (Fsp3) is 0.300. The number of carbonyl (C=O) groups is 2. The van der Waals surface area contributed by atoms with Gasteiger partial charge in [-0.2, -0.15) is 13.2 Å². The molecule has 1 fully saturated rings. The van der Waals surface area contributed by atoms with E-state index in [0.29, 0.717) is 36.2 Å². The monoisotopic (exact) mass is 487 g/mol. The number of halogens is 5. The quantitative estimate of drug-likeness (QED) is 0.663. The van der Waals surface area contributed by atoms with Gasteiger partial charge in [-0.1, -0.05) is 12.1 Å². The van der Waals surface area contributed by atoms with Crippen LogP contribution in [-0.4, -0.2) is 54.3 Å². The average Bonchev–Trinajstić information content (AvgIpc) is 2.67. The molecule has 0 unspecified atom stereocenters. The fourth-order valence-corrected chi connectivity index (χ4v) is 3.69. The van der Waals surface area contributed by atoms with E-state index >= 15 is 0 Å². The zero-order valence-corrected chi connectivity index (χ0v) is 17.3. The molecule has 0 saturated carbocycles. The van der Waals surface area contributed by atoms with E-state index in [-0.39, 0.29) is 18.1 Å². The average molecular weight is 488 g/mol. The zero-order valence-electron chi connectivity index (χ0n) is 15.7. The Morgan fingerprint density at radius 3 is 2.33 bits per heavy atom. The molecule has 0 radical (unpaired) electrons. The number of benzene rings is 2. The topological polar surface area (TPSA) is 52.7 Å². The number of amides is 2. The number of para-hydroxylation sites is 1. The van der Waals surface area contributed by atoms with Crippen molar-refractivity contribution >= 4 is 33.4 Å². The number of hydrogen-bond donors (Lipinski definition) is 1. The Balaban J connectivity index is 1.55. The van der Waals surface area contributed by atoms with Crippen molar-refractivity contribution in [2.75, 3.05) is 38.0 Å². The number of anilines is 1. The smallest absolute Gasteiger partial charge is 0.336 e. The van der Waals surface area contributed by atoms with Crippen molar-refractivity contribution in [1.29, 1.82) is 0 Å². The van der Waals surface area contributed by atoms with Crippen molar-refractivity contribution < 1.29 is 27.2 Å². The number of hydrogen-bond acceptors (Lipinski definition) is 3. The summed E-state index contributed by atoms with van der Waals surface area (Å²) < 4.78 is 52.7. The maximum absolute atomic E-state index is 13.2. The molecule has 1 heterocycles. The summed E-state index contributed by atoms with van der Waals surface area (Å²) in [6, 6.07) is 8.62. The summed E-state index contributed by atoms with van der Waals surface area (Å²) in [5, 5.41) is 2.31. The van der Waals surface area contributed by atoms with Crippen molar-refractivity contribution in [1.82, 2.24) is 9.80 Å². The summed E-state index contributed by atoms with van der Waals surface area (Å²) in [5.74, 6) is -1.28. The Hall–Kier alpha value is -2.46. The summed E-state index contributed by atoms with van der Waals surface area (Å²) in [4.78, 5) is 28.2. The molecule has 0 spiro atoms. The highest BCUT2D eigenvalue weighted by molar-refractivity contribution is 9.10. The molecule has 1 N–H and O–H groups in total. The lowest BCUT2D eigenvalue weighted by Crippen LogP contribution is -2.50. The van der Waals surface area contributed by atoms with Crippen LogP contribution in [0.5, 0.6) is 0 Å². The lowest BCUT2D eigenvalue weighted by atomic mass is 10.1. The van der Waals surface area contributed by atoms with Gasteiger partial charge in [-0.15, -0.1) is 0 Å². The first-order valence-corrected chi connectivity index (χ1v) is 9.87. The Morgan fingerprint density at radius 1 is 1.03 bits per heavy atom. The third-order valence-electron chi connectivity index (χ3n) is 4.69. The van der Waals surface area contributed by atoms with E-state index in [2.05, 4.69) is 21.2 Å². The van der Waals surface area contributed by atoms with Crippen molar-refractivity contribution in [3.8, 4) is 0 Å². The molecule has 5 nitrogen and oxygen atoms in total. The van der Waals surface area contributed by atoms with E-state index in [1.807, 2.05) is 0 Å². The Kier molecular flexibility index (Phi) is 6.77. The maximum Gasteiger partial charge on any atom is 0.418 e. The summed E-state index contributed by atoms with van der Waals surface area (Å²) in [6.45, 7) is 1.37. The predicted molar refractivity (Wildman–Crippen MR) is 107 cm³/mol. The first kappa shape index (κ1) is 22.2. The number of nitrogens with zero attached hydrogens (tertiary/aromatic N) is 2. The molecule has 2 aromatic rings. The Morgan fingerprint density at radius 2 is 1.70 bits per heavy atom. The second-order valence-electron chi connectivity index (χ2n) is 6.78. The number of nitrogens with one attached hydrogen (secondary N) is 1. The Bertz CT molecular complexity index is 944. The number of piperazine rings is 1. The van der Waals surface area contributed by atoms with Gasteiger partial charge in [0.05, 0.1) is 23.4 Å². The number of rotatable bonds is 4. The van der Waals surface area contributed by atoms with Gasteiger partial charge in [-0.05, 0) is 46.3 Å². The fourth-order valence-electron chi connectivity index (χ4n) is 3.17. The summed E-state index contributed by atoms with van der Waals surface area (Å²) in [6.07, 6.45) is -4.56. The highest BCUT2D eigenvalue weighted by atomic mass is 79.9. The van der Waals surface area contributed by atoms with E-state index < -0.39 is 23.5 Å². The second-order valence-corrected chi connectivity index (χ2v) is 7.64. The molecule has 0 atom stereocenters. The Labute approximate surface area is 178 Å². The molecular weight excluding hydrogens is 470 g/mol. The minimum atomic E-state index is -4.56. The van der Waals surface area contributed by atoms with Crippen LogP contribution in [0, 0.1) is 5.82 Å². The van der Waals surface area contributed by atoms with Gasteiger partial charge in [-0.3, -0.25) is 14.5 Å². The normalized spacial score (nSPS) is 15.2. The summed E-state index contributed by atoms with van der Waals surface area (Å²) in [7, 11) is 0. The van der Waals surface area contributed by atoms with Crippen molar-refractivity contribution in [2.24, 2.45) is 0 Å². The van der Waals surface area contributed by atoms with Crippen LogP contribution in [0.3, 0.4) is 0 Å². The highest BCUT2D eigenvalue weighted by Crippen LogP contribution is 2.34. The molecule has 160 valence electrons. The molecule has 0 bridgehead atoms. The molecule has 10 heteroatoms. The maximum atomic E-state index is 13.2. The van der Waals surface area contributed by atoms with Gasteiger partial charge in [0.15, 0.2) is 0 Å². The van der Waals surface area contributed by atoms with E-state index in [9.17, 15) is 27.2 Å². The van der Waals surface area contributed by atoms with Gasteiger partial charge in [0.2, 0.25) is 5.91 Å². The molecule has 1 aliphatic heterocycles. The van der Waals surface area contributed by atoms with Gasteiger partial charge < -0.3 is 10.2 Å². The lowest BCUT2D eigenvalue weighted by Gasteiger charge is -2.34. The van der Waals surface area contributed by atoms with Gasteiger partial charge in [0.1, 0.15) is 5.82 Å². The zero-order chi connectivity index (χ0) is 21.9. The van der Waals surface area contributed by atoms with Crippen LogP contribution in [0.1, 0.15) is 15.9 Å².